The second-order valence-electron chi connectivity index (χ2n) is 5.34. The quantitative estimate of drug-likeness (QED) is 0.845. The fourth-order valence-electron chi connectivity index (χ4n) is 2.48. The lowest BCUT2D eigenvalue weighted by atomic mass is 9.91. The fraction of sp³-hybridized carbons (Fsp3) is 0.533. The SMILES string of the molecule is CN(C)C1CCC(NOC(=O)c2ccccc2)CC1. The van der Waals surface area contributed by atoms with E-state index in [9.17, 15) is 4.79 Å². The van der Waals surface area contributed by atoms with E-state index in [2.05, 4.69) is 24.5 Å². The fourth-order valence-corrected chi connectivity index (χ4v) is 2.48. The van der Waals surface area contributed by atoms with E-state index in [4.69, 9.17) is 4.84 Å². The molecule has 0 saturated heterocycles. The van der Waals surface area contributed by atoms with Gasteiger partial charge < -0.3 is 9.74 Å². The average molecular weight is 262 g/mol. The maximum atomic E-state index is 11.8. The zero-order chi connectivity index (χ0) is 13.7. The van der Waals surface area contributed by atoms with Crippen molar-refractivity contribution in [3.63, 3.8) is 0 Å². The van der Waals surface area contributed by atoms with Gasteiger partial charge >= 0.3 is 5.97 Å². The Kier molecular flexibility index (Phi) is 4.93. The molecule has 1 aromatic carbocycles. The van der Waals surface area contributed by atoms with E-state index in [0.717, 1.165) is 25.7 Å². The average Bonchev–Trinajstić information content (AvgIpc) is 2.46. The molecule has 1 aliphatic carbocycles. The third kappa shape index (κ3) is 4.04. The molecule has 1 aliphatic rings. The Morgan fingerprint density at radius 1 is 1.16 bits per heavy atom. The lowest BCUT2D eigenvalue weighted by Crippen LogP contribution is -2.40. The van der Waals surface area contributed by atoms with Gasteiger partial charge in [0.25, 0.3) is 0 Å². The molecule has 4 heteroatoms. The Morgan fingerprint density at radius 3 is 2.37 bits per heavy atom. The summed E-state index contributed by atoms with van der Waals surface area (Å²) in [5, 5.41) is 0. The molecule has 0 atom stereocenters. The lowest BCUT2D eigenvalue weighted by molar-refractivity contribution is 0.00839. The highest BCUT2D eigenvalue weighted by Crippen LogP contribution is 2.21. The van der Waals surface area contributed by atoms with Crippen molar-refractivity contribution in [3.8, 4) is 0 Å². The van der Waals surface area contributed by atoms with Crippen molar-refractivity contribution in [2.45, 2.75) is 37.8 Å². The number of benzene rings is 1. The minimum Gasteiger partial charge on any atom is -0.366 e. The summed E-state index contributed by atoms with van der Waals surface area (Å²) < 4.78 is 0. The Hall–Kier alpha value is -1.39. The lowest BCUT2D eigenvalue weighted by Gasteiger charge is -2.32. The van der Waals surface area contributed by atoms with Crippen LogP contribution in [0.4, 0.5) is 0 Å². The predicted octanol–water partition coefficient (Wildman–Crippen LogP) is 2.22. The maximum absolute atomic E-state index is 11.8. The molecule has 19 heavy (non-hydrogen) atoms. The van der Waals surface area contributed by atoms with Crippen LogP contribution in [0.5, 0.6) is 0 Å². The van der Waals surface area contributed by atoms with Gasteiger partial charge in [0, 0.05) is 12.1 Å². The van der Waals surface area contributed by atoms with E-state index in [1.54, 1.807) is 12.1 Å². The van der Waals surface area contributed by atoms with Crippen molar-refractivity contribution < 1.29 is 9.63 Å². The van der Waals surface area contributed by atoms with Crippen molar-refractivity contribution in [1.82, 2.24) is 10.4 Å². The number of carbonyl (C=O) groups excluding carboxylic acids is 1. The molecule has 0 radical (unpaired) electrons. The number of carbonyl (C=O) groups is 1. The molecule has 1 fully saturated rings. The van der Waals surface area contributed by atoms with Gasteiger partial charge in [0.1, 0.15) is 0 Å². The van der Waals surface area contributed by atoms with E-state index < -0.39 is 0 Å². The summed E-state index contributed by atoms with van der Waals surface area (Å²) in [5.74, 6) is -0.310. The van der Waals surface area contributed by atoms with Gasteiger partial charge in [-0.2, -0.15) is 0 Å². The summed E-state index contributed by atoms with van der Waals surface area (Å²) >= 11 is 0. The standard InChI is InChI=1S/C15H22N2O2/c1-17(2)14-10-8-13(9-11-14)16-19-15(18)12-6-4-3-5-7-12/h3-7,13-14,16H,8-11H2,1-2H3. The van der Waals surface area contributed by atoms with Crippen molar-refractivity contribution in [2.24, 2.45) is 0 Å². The molecule has 2 rings (SSSR count). The van der Waals surface area contributed by atoms with Crippen LogP contribution in [0.3, 0.4) is 0 Å². The Morgan fingerprint density at radius 2 is 1.79 bits per heavy atom. The molecule has 0 aromatic heterocycles. The highest BCUT2D eigenvalue weighted by atomic mass is 16.7. The summed E-state index contributed by atoms with van der Waals surface area (Å²) in [7, 11) is 4.24. The first-order valence-electron chi connectivity index (χ1n) is 6.85. The van der Waals surface area contributed by atoms with Gasteiger partial charge in [-0.1, -0.05) is 18.2 Å². The topological polar surface area (TPSA) is 41.6 Å². The van der Waals surface area contributed by atoms with E-state index >= 15 is 0 Å². The van der Waals surface area contributed by atoms with Crippen LogP contribution in [0.15, 0.2) is 30.3 Å². The number of nitrogens with zero attached hydrogens (tertiary/aromatic N) is 1. The molecule has 0 heterocycles. The van der Waals surface area contributed by atoms with Crippen LogP contribution >= 0.6 is 0 Å². The van der Waals surface area contributed by atoms with Gasteiger partial charge in [-0.25, -0.2) is 4.79 Å². The molecule has 0 unspecified atom stereocenters. The molecule has 1 aromatic rings. The molecular formula is C15H22N2O2. The summed E-state index contributed by atoms with van der Waals surface area (Å²) in [6.07, 6.45) is 4.39. The van der Waals surface area contributed by atoms with Gasteiger partial charge in [-0.05, 0) is 51.9 Å². The number of hydrogen-bond donors (Lipinski definition) is 1. The minimum absolute atomic E-state index is 0.281. The summed E-state index contributed by atoms with van der Waals surface area (Å²) in [6, 6.07) is 10.00. The molecule has 4 nitrogen and oxygen atoms in total. The molecule has 0 spiro atoms. The number of rotatable bonds is 4. The van der Waals surface area contributed by atoms with Crippen molar-refractivity contribution in [2.75, 3.05) is 14.1 Å². The van der Waals surface area contributed by atoms with Crippen LogP contribution in [0.25, 0.3) is 0 Å². The van der Waals surface area contributed by atoms with Gasteiger partial charge in [0.15, 0.2) is 0 Å². The molecule has 1 N–H and O–H groups in total. The Balaban J connectivity index is 1.74. The number of nitrogens with one attached hydrogen (secondary N) is 1. The van der Waals surface area contributed by atoms with Gasteiger partial charge in [0.2, 0.25) is 0 Å². The zero-order valence-corrected chi connectivity index (χ0v) is 11.6. The summed E-state index contributed by atoms with van der Waals surface area (Å²) in [5.41, 5.74) is 3.49. The van der Waals surface area contributed by atoms with E-state index in [-0.39, 0.29) is 12.0 Å². The molecule has 1 saturated carbocycles. The van der Waals surface area contributed by atoms with E-state index in [0.29, 0.717) is 11.6 Å². The molecule has 0 aliphatic heterocycles. The molecule has 104 valence electrons. The monoisotopic (exact) mass is 262 g/mol. The first-order chi connectivity index (χ1) is 9.16. The highest BCUT2D eigenvalue weighted by Gasteiger charge is 2.23. The van der Waals surface area contributed by atoms with Gasteiger partial charge in [-0.3, -0.25) is 0 Å². The Bertz CT molecular complexity index is 398. The summed E-state index contributed by atoms with van der Waals surface area (Å²) in [6.45, 7) is 0. The second-order valence-corrected chi connectivity index (χ2v) is 5.34. The smallest absolute Gasteiger partial charge is 0.356 e. The second kappa shape index (κ2) is 6.68. The highest BCUT2D eigenvalue weighted by molar-refractivity contribution is 5.89. The van der Waals surface area contributed by atoms with Crippen LogP contribution in [0.1, 0.15) is 36.0 Å². The Labute approximate surface area is 114 Å². The van der Waals surface area contributed by atoms with Crippen LogP contribution < -0.4 is 5.48 Å². The predicted molar refractivity (Wildman–Crippen MR) is 74.7 cm³/mol. The molecule has 0 bridgehead atoms. The van der Waals surface area contributed by atoms with E-state index in [1.165, 1.54) is 0 Å². The molecular weight excluding hydrogens is 240 g/mol. The third-order valence-electron chi connectivity index (χ3n) is 3.75. The van der Waals surface area contributed by atoms with Gasteiger partial charge in [0.05, 0.1) is 5.56 Å². The van der Waals surface area contributed by atoms with Crippen molar-refractivity contribution in [1.29, 1.82) is 0 Å². The number of hydroxylamine groups is 1. The number of hydrogen-bond acceptors (Lipinski definition) is 4. The maximum Gasteiger partial charge on any atom is 0.356 e. The summed E-state index contributed by atoms with van der Waals surface area (Å²) in [4.78, 5) is 19.2. The van der Waals surface area contributed by atoms with Crippen LogP contribution in [0, 0.1) is 0 Å². The van der Waals surface area contributed by atoms with E-state index in [1.807, 2.05) is 18.2 Å². The zero-order valence-electron chi connectivity index (χ0n) is 11.6. The molecule has 0 amide bonds. The third-order valence-corrected chi connectivity index (χ3v) is 3.75. The van der Waals surface area contributed by atoms with Crippen LogP contribution in [0.2, 0.25) is 0 Å². The van der Waals surface area contributed by atoms with Crippen LogP contribution in [-0.4, -0.2) is 37.0 Å². The normalized spacial score (nSPS) is 23.3. The van der Waals surface area contributed by atoms with Crippen molar-refractivity contribution in [3.05, 3.63) is 35.9 Å². The van der Waals surface area contributed by atoms with Gasteiger partial charge in [-0.15, -0.1) is 5.48 Å². The van der Waals surface area contributed by atoms with Crippen LogP contribution in [-0.2, 0) is 4.84 Å². The first kappa shape index (κ1) is 14.0. The largest absolute Gasteiger partial charge is 0.366 e. The first-order valence-corrected chi connectivity index (χ1v) is 6.85. The minimum atomic E-state index is -0.310. The van der Waals surface area contributed by atoms with Crippen molar-refractivity contribution >= 4 is 5.97 Å².